The van der Waals surface area contributed by atoms with Crippen LogP contribution in [0.3, 0.4) is 0 Å². The number of hydrogen-bond acceptors (Lipinski definition) is 0. The zero-order valence-electron chi connectivity index (χ0n) is 18.7. The monoisotopic (exact) mass is 807 g/mol. The molecule has 0 bridgehead atoms. The van der Waals surface area contributed by atoms with Gasteiger partial charge in [-0.2, -0.15) is 0 Å². The first-order chi connectivity index (χ1) is 18.7. The van der Waals surface area contributed by atoms with Gasteiger partial charge in [0.25, 0.3) is 0 Å². The average Bonchev–Trinajstić information content (AvgIpc) is 3.45. The largest absolute Gasteiger partial charge is 0.145 e. The second-order valence-corrected chi connectivity index (χ2v) is 13.1. The zero-order chi connectivity index (χ0) is 29.8. The van der Waals surface area contributed by atoms with Crippen LogP contribution in [0.5, 0.6) is 0 Å². The summed E-state index contributed by atoms with van der Waals surface area (Å²) in [6, 6.07) is 0. The third kappa shape index (κ3) is 5.84. The molecule has 14 heteroatoms. The topological polar surface area (TPSA) is 0 Å². The number of allylic oxidation sites excluding steroid dienone is 10. The van der Waals surface area contributed by atoms with Gasteiger partial charge in [0.2, 0.25) is 0 Å². The Labute approximate surface area is 299 Å². The van der Waals surface area contributed by atoms with Gasteiger partial charge in [-0.15, -0.1) is 57.7 Å². The van der Waals surface area contributed by atoms with E-state index in [1.807, 2.05) is 12.2 Å². The number of benzene rings is 2. The third-order valence-corrected chi connectivity index (χ3v) is 11.8. The summed E-state index contributed by atoms with van der Waals surface area (Å²) in [5.41, 5.74) is 4.06. The van der Waals surface area contributed by atoms with Crippen LogP contribution >= 0.6 is 162 Å². The lowest BCUT2D eigenvalue weighted by Gasteiger charge is -2.35. The molecule has 0 saturated heterocycles. The molecule has 0 amide bonds. The molecule has 0 radical (unpaired) electrons. The van der Waals surface area contributed by atoms with E-state index in [0.717, 1.165) is 5.57 Å². The maximum Gasteiger partial charge on any atom is 0.0808 e. The van der Waals surface area contributed by atoms with Crippen molar-refractivity contribution in [1.82, 2.24) is 0 Å². The Kier molecular flexibility index (Phi) is 11.1. The molecule has 0 heterocycles. The molecule has 2 aromatic carbocycles. The van der Waals surface area contributed by atoms with E-state index in [1.54, 1.807) is 18.2 Å². The smallest absolute Gasteiger partial charge is 0.0808 e. The van der Waals surface area contributed by atoms with Gasteiger partial charge >= 0.3 is 0 Å². The summed E-state index contributed by atoms with van der Waals surface area (Å²) in [6.07, 6.45) is 8.75. The third-order valence-electron chi connectivity index (χ3n) is 5.52. The fraction of sp³-hybridized carbons (Fsp3) is 0. The van der Waals surface area contributed by atoms with Gasteiger partial charge in [-0.3, -0.25) is 0 Å². The Bertz CT molecular complexity index is 1580. The highest BCUT2D eigenvalue weighted by molar-refractivity contribution is 6.59. The molecule has 0 spiro atoms. The maximum atomic E-state index is 6.87. The molecule has 40 heavy (non-hydrogen) atoms. The van der Waals surface area contributed by atoms with E-state index in [1.165, 1.54) is 0 Å². The first-order valence-corrected chi connectivity index (χ1v) is 15.6. The van der Waals surface area contributed by atoms with E-state index in [2.05, 4.69) is 5.73 Å². The van der Waals surface area contributed by atoms with E-state index in [9.17, 15) is 0 Å². The van der Waals surface area contributed by atoms with Crippen LogP contribution in [0.4, 0.5) is 0 Å². The number of halogens is 14. The van der Waals surface area contributed by atoms with Crippen molar-refractivity contribution in [3.8, 4) is 0 Å². The Morgan fingerprint density at radius 3 is 1.40 bits per heavy atom. The van der Waals surface area contributed by atoms with Crippen LogP contribution in [-0.2, 0) is 0 Å². The van der Waals surface area contributed by atoms with Gasteiger partial charge in [-0.05, 0) is 43.8 Å². The molecule has 208 valence electrons. The first kappa shape index (κ1) is 33.5. The minimum atomic E-state index is -0.152. The summed E-state index contributed by atoms with van der Waals surface area (Å²) in [5.74, 6) is 0. The lowest BCUT2D eigenvalue weighted by Crippen LogP contribution is -2.11. The van der Waals surface area contributed by atoms with Gasteiger partial charge in [0.1, 0.15) is 0 Å². The van der Waals surface area contributed by atoms with Crippen molar-refractivity contribution in [1.29, 1.82) is 0 Å². The van der Waals surface area contributed by atoms with Crippen LogP contribution in [0.25, 0.3) is 5.57 Å². The molecule has 0 aliphatic heterocycles. The summed E-state index contributed by atoms with van der Waals surface area (Å²) in [6.45, 7) is 0. The minimum absolute atomic E-state index is 0.00636. The van der Waals surface area contributed by atoms with Crippen molar-refractivity contribution in [3.05, 3.63) is 135 Å². The van der Waals surface area contributed by atoms with Crippen LogP contribution in [0.2, 0.25) is 50.2 Å². The van der Waals surface area contributed by atoms with Crippen molar-refractivity contribution < 1.29 is 0 Å². The van der Waals surface area contributed by atoms with Gasteiger partial charge in [-0.1, -0.05) is 145 Å². The second-order valence-electron chi connectivity index (χ2n) is 7.77. The van der Waals surface area contributed by atoms with Crippen molar-refractivity contribution >= 4 is 168 Å². The summed E-state index contributed by atoms with van der Waals surface area (Å²) in [5, 5.41) is -1.52. The molecule has 0 nitrogen and oxygen atoms in total. The molecular formula is C26H5Cl14-. The molecule has 2 aromatic rings. The van der Waals surface area contributed by atoms with Crippen LogP contribution < -0.4 is 0 Å². The van der Waals surface area contributed by atoms with E-state index in [4.69, 9.17) is 162 Å². The highest BCUT2D eigenvalue weighted by atomic mass is 35.5. The van der Waals surface area contributed by atoms with E-state index in [-0.39, 0.29) is 93.0 Å². The number of rotatable bonds is 4. The van der Waals surface area contributed by atoms with E-state index < -0.39 is 0 Å². The molecule has 2 aliphatic rings. The molecule has 0 fully saturated rings. The molecular weight excluding hydrogens is 809 g/mol. The molecule has 0 unspecified atom stereocenters. The Morgan fingerprint density at radius 1 is 0.575 bits per heavy atom. The maximum absolute atomic E-state index is 6.87. The minimum Gasteiger partial charge on any atom is -0.145 e. The molecule has 0 saturated carbocycles. The molecule has 2 aliphatic carbocycles. The lowest BCUT2D eigenvalue weighted by atomic mass is 9.87. The van der Waals surface area contributed by atoms with Crippen molar-refractivity contribution in [3.63, 3.8) is 0 Å². The summed E-state index contributed by atoms with van der Waals surface area (Å²) in [4.78, 5) is 0. The molecule has 4 rings (SSSR count). The Balaban J connectivity index is 2.19. The first-order valence-electron chi connectivity index (χ1n) is 10.3. The van der Waals surface area contributed by atoms with Crippen molar-refractivity contribution in [2.45, 2.75) is 0 Å². The summed E-state index contributed by atoms with van der Waals surface area (Å²) < 4.78 is 0. The summed E-state index contributed by atoms with van der Waals surface area (Å²) in [7, 11) is 0. The molecule has 0 N–H and O–H groups in total. The Hall–Kier alpha value is 0.590. The standard InChI is InChI=1S/C26H5Cl14/c27-13-8(6-5-7-3-1-2-4-7)14(28)16(30)10(15(13)29)9(11-17(31)21(35)25(39)22(36)18(11)32)12-19(33)23(37)26(40)24(38)20(12)34/h1-3,5-6H/q-1/b6-5+. The fourth-order valence-corrected chi connectivity index (χ4v) is 7.50. The lowest BCUT2D eigenvalue weighted by molar-refractivity contribution is 1.33. The predicted molar refractivity (Wildman–Crippen MR) is 180 cm³/mol. The van der Waals surface area contributed by atoms with Crippen LogP contribution in [0.15, 0.2) is 67.9 Å². The van der Waals surface area contributed by atoms with Gasteiger partial charge in [0.15, 0.2) is 0 Å². The predicted octanol–water partition coefficient (Wildman–Crippen LogP) is 15.2. The number of hydrogen-bond donors (Lipinski definition) is 0. The highest BCUT2D eigenvalue weighted by Crippen LogP contribution is 2.58. The quantitative estimate of drug-likeness (QED) is 0.125. The second kappa shape index (κ2) is 13.3. The van der Waals surface area contributed by atoms with E-state index >= 15 is 0 Å². The van der Waals surface area contributed by atoms with Gasteiger partial charge in [-0.25, -0.2) is 0 Å². The molecule has 0 atom stereocenters. The van der Waals surface area contributed by atoms with Crippen LogP contribution in [0.1, 0.15) is 11.1 Å². The van der Waals surface area contributed by atoms with Gasteiger partial charge < -0.3 is 0 Å². The molecule has 0 aromatic heterocycles. The average molecular weight is 814 g/mol. The van der Waals surface area contributed by atoms with Crippen LogP contribution in [-0.4, -0.2) is 0 Å². The normalized spacial score (nSPS) is 15.4. The van der Waals surface area contributed by atoms with Crippen molar-refractivity contribution in [2.24, 2.45) is 0 Å². The highest BCUT2D eigenvalue weighted by Gasteiger charge is 2.31. The van der Waals surface area contributed by atoms with Gasteiger partial charge in [0, 0.05) is 5.57 Å². The zero-order valence-corrected chi connectivity index (χ0v) is 29.3. The Morgan fingerprint density at radius 2 is 1.00 bits per heavy atom. The van der Waals surface area contributed by atoms with E-state index in [0.29, 0.717) is 5.57 Å². The van der Waals surface area contributed by atoms with Crippen molar-refractivity contribution in [2.75, 3.05) is 0 Å². The summed E-state index contributed by atoms with van der Waals surface area (Å²) >= 11 is 92.1. The van der Waals surface area contributed by atoms with Gasteiger partial charge in [0.05, 0.1) is 50.2 Å². The fourth-order valence-electron chi connectivity index (χ4n) is 3.66. The van der Waals surface area contributed by atoms with Crippen LogP contribution in [0, 0.1) is 5.38 Å². The SMILES string of the molecule is ClC1=C(Cl)C(=C(c2c(Cl)c(Cl)c(Cl)c(Cl)c2Cl)c2c(Cl)c(Cl)c(Cl)c(Cl)c2Cl)[C-](Cl)C(Cl)=C1/C=C/C1=C=CC=C1.